The molecule has 0 radical (unpaired) electrons. The Labute approximate surface area is 152 Å². The predicted octanol–water partition coefficient (Wildman–Crippen LogP) is 1.71. The van der Waals surface area contributed by atoms with Crippen molar-refractivity contribution in [1.82, 2.24) is 29.7 Å². The third-order valence-electron chi connectivity index (χ3n) is 4.69. The van der Waals surface area contributed by atoms with Crippen LogP contribution in [0, 0.1) is 6.92 Å². The maximum absolute atomic E-state index is 12.9. The van der Waals surface area contributed by atoms with Crippen LogP contribution in [0.15, 0.2) is 12.3 Å². The number of rotatable bonds is 3. The topological polar surface area (TPSA) is 106 Å². The highest BCUT2D eigenvalue weighted by molar-refractivity contribution is 7.20. The molecule has 0 aromatic carbocycles. The second kappa shape index (κ2) is 6.20. The molecule has 0 bridgehead atoms. The number of carboxylic acids is 1. The highest BCUT2D eigenvalue weighted by Gasteiger charge is 2.28. The van der Waals surface area contributed by atoms with Crippen molar-refractivity contribution in [3.63, 3.8) is 0 Å². The molecule has 1 atom stereocenters. The van der Waals surface area contributed by atoms with Crippen molar-refractivity contribution in [2.24, 2.45) is 7.05 Å². The Balaban J connectivity index is 1.55. The van der Waals surface area contributed by atoms with E-state index < -0.39 is 5.97 Å². The first-order valence-corrected chi connectivity index (χ1v) is 9.13. The number of aromatic carboxylic acids is 1. The molecule has 1 N–H and O–H groups in total. The van der Waals surface area contributed by atoms with Crippen LogP contribution in [-0.2, 0) is 7.05 Å². The molecule has 3 aromatic rings. The lowest BCUT2D eigenvalue weighted by molar-refractivity contribution is 0.0670. The van der Waals surface area contributed by atoms with Gasteiger partial charge < -0.3 is 10.0 Å². The molecule has 0 aliphatic carbocycles. The number of nitrogens with zero attached hydrogens (tertiary/aromatic N) is 6. The fourth-order valence-electron chi connectivity index (χ4n) is 3.37. The van der Waals surface area contributed by atoms with E-state index in [9.17, 15) is 9.59 Å². The van der Waals surface area contributed by atoms with E-state index in [0.29, 0.717) is 18.0 Å². The molecule has 3 aromatic heterocycles. The van der Waals surface area contributed by atoms with Gasteiger partial charge in [0.15, 0.2) is 5.69 Å². The Bertz CT molecular complexity index is 969. The van der Waals surface area contributed by atoms with Crippen LogP contribution in [0.25, 0.3) is 10.2 Å². The molecule has 9 nitrogen and oxygen atoms in total. The minimum atomic E-state index is -1.10. The summed E-state index contributed by atoms with van der Waals surface area (Å²) >= 11 is 1.45. The van der Waals surface area contributed by atoms with Gasteiger partial charge in [-0.1, -0.05) is 5.21 Å². The van der Waals surface area contributed by atoms with Crippen LogP contribution < -0.4 is 0 Å². The number of hydrogen-bond donors (Lipinski definition) is 1. The normalized spacial score (nSPS) is 17.8. The molecule has 0 saturated carbocycles. The monoisotopic (exact) mass is 374 g/mol. The fraction of sp³-hybridized carbons (Fsp3) is 0.438. The van der Waals surface area contributed by atoms with Crippen molar-refractivity contribution >= 4 is 33.4 Å². The molecule has 1 amide bonds. The lowest BCUT2D eigenvalue weighted by atomic mass is 10.1. The quantitative estimate of drug-likeness (QED) is 0.748. The number of thiophene rings is 1. The first-order valence-electron chi connectivity index (χ1n) is 8.31. The number of carbonyl (C=O) groups is 2. The van der Waals surface area contributed by atoms with Crippen LogP contribution in [0.2, 0.25) is 0 Å². The van der Waals surface area contributed by atoms with Gasteiger partial charge in [0.2, 0.25) is 0 Å². The molecule has 1 aliphatic heterocycles. The van der Waals surface area contributed by atoms with E-state index >= 15 is 0 Å². The van der Waals surface area contributed by atoms with Crippen molar-refractivity contribution in [3.05, 3.63) is 28.5 Å². The Hall–Kier alpha value is -2.75. The first kappa shape index (κ1) is 16.7. The molecule has 1 aliphatic rings. The molecule has 26 heavy (non-hydrogen) atoms. The zero-order valence-corrected chi connectivity index (χ0v) is 15.2. The molecule has 4 heterocycles. The highest BCUT2D eigenvalue weighted by Crippen LogP contribution is 2.30. The van der Waals surface area contributed by atoms with Crippen molar-refractivity contribution in [2.45, 2.75) is 25.8 Å². The number of hydrogen-bond acceptors (Lipinski definition) is 6. The standard InChI is InChI=1S/C16H18N6O3S/c1-9-11-6-13(26-15(11)20(2)18-9)14(23)21-5-3-4-10(7-21)22-8-12(16(24)25)17-19-22/h6,8,10H,3-5,7H2,1-2H3,(H,24,25). The minimum Gasteiger partial charge on any atom is -0.476 e. The molecule has 136 valence electrons. The van der Waals surface area contributed by atoms with Crippen LogP contribution in [0.5, 0.6) is 0 Å². The van der Waals surface area contributed by atoms with Crippen LogP contribution >= 0.6 is 11.3 Å². The lowest BCUT2D eigenvalue weighted by Gasteiger charge is -2.32. The van der Waals surface area contributed by atoms with E-state index in [0.717, 1.165) is 28.8 Å². The van der Waals surface area contributed by atoms with Gasteiger partial charge in [-0.3, -0.25) is 9.48 Å². The van der Waals surface area contributed by atoms with Crippen LogP contribution in [0.4, 0.5) is 0 Å². The summed E-state index contributed by atoms with van der Waals surface area (Å²) in [5.74, 6) is -1.11. The number of amides is 1. The molecule has 4 rings (SSSR count). The maximum Gasteiger partial charge on any atom is 0.358 e. The van der Waals surface area contributed by atoms with Gasteiger partial charge in [-0.15, -0.1) is 16.4 Å². The predicted molar refractivity (Wildman–Crippen MR) is 94.5 cm³/mol. The number of aromatic nitrogens is 5. The summed E-state index contributed by atoms with van der Waals surface area (Å²) in [4.78, 5) is 27.4. The van der Waals surface area contributed by atoms with Gasteiger partial charge in [-0.05, 0) is 25.8 Å². The van der Waals surface area contributed by atoms with Crippen molar-refractivity contribution in [3.8, 4) is 0 Å². The lowest BCUT2D eigenvalue weighted by Crippen LogP contribution is -2.40. The number of piperidine rings is 1. The summed E-state index contributed by atoms with van der Waals surface area (Å²) in [6.07, 6.45) is 3.10. The summed E-state index contributed by atoms with van der Waals surface area (Å²) in [5, 5.41) is 21.9. The van der Waals surface area contributed by atoms with E-state index in [-0.39, 0.29) is 17.6 Å². The second-order valence-electron chi connectivity index (χ2n) is 6.47. The Morgan fingerprint density at radius 1 is 1.38 bits per heavy atom. The third-order valence-corrected chi connectivity index (χ3v) is 5.88. The van der Waals surface area contributed by atoms with Crippen LogP contribution in [-0.4, -0.2) is 59.7 Å². The van der Waals surface area contributed by atoms with Gasteiger partial charge in [0, 0.05) is 25.5 Å². The Morgan fingerprint density at radius 2 is 2.19 bits per heavy atom. The largest absolute Gasteiger partial charge is 0.476 e. The Morgan fingerprint density at radius 3 is 2.88 bits per heavy atom. The smallest absolute Gasteiger partial charge is 0.358 e. The molecule has 10 heteroatoms. The second-order valence-corrected chi connectivity index (χ2v) is 7.51. The van der Waals surface area contributed by atoms with E-state index in [2.05, 4.69) is 15.4 Å². The number of fused-ring (bicyclic) bond motifs is 1. The molecule has 1 fully saturated rings. The summed E-state index contributed by atoms with van der Waals surface area (Å²) in [6, 6.07) is 1.85. The highest BCUT2D eigenvalue weighted by atomic mass is 32.1. The zero-order valence-electron chi connectivity index (χ0n) is 14.4. The van der Waals surface area contributed by atoms with Crippen LogP contribution in [0.3, 0.4) is 0 Å². The summed E-state index contributed by atoms with van der Waals surface area (Å²) in [5.41, 5.74) is 0.832. The fourth-order valence-corrected chi connectivity index (χ4v) is 4.47. The van der Waals surface area contributed by atoms with Gasteiger partial charge >= 0.3 is 5.97 Å². The Kier molecular flexibility index (Phi) is 3.98. The van der Waals surface area contributed by atoms with E-state index in [1.54, 1.807) is 9.36 Å². The molecular weight excluding hydrogens is 356 g/mol. The van der Waals surface area contributed by atoms with Crippen molar-refractivity contribution < 1.29 is 14.7 Å². The SMILES string of the molecule is Cc1nn(C)c2sc(C(=O)N3CCCC(n4cc(C(=O)O)nn4)C3)cc12. The van der Waals surface area contributed by atoms with Gasteiger partial charge in [0.25, 0.3) is 5.91 Å². The zero-order chi connectivity index (χ0) is 18.4. The number of aryl methyl sites for hydroxylation is 2. The van der Waals surface area contributed by atoms with Crippen molar-refractivity contribution in [1.29, 1.82) is 0 Å². The summed E-state index contributed by atoms with van der Waals surface area (Å²) < 4.78 is 3.36. The molecule has 0 spiro atoms. The third kappa shape index (κ3) is 2.75. The van der Waals surface area contributed by atoms with Crippen LogP contribution in [0.1, 0.15) is 44.7 Å². The van der Waals surface area contributed by atoms with Gasteiger partial charge in [-0.25, -0.2) is 9.48 Å². The van der Waals surface area contributed by atoms with Gasteiger partial charge in [0.05, 0.1) is 22.8 Å². The first-order chi connectivity index (χ1) is 12.4. The molecule has 1 saturated heterocycles. The summed E-state index contributed by atoms with van der Waals surface area (Å²) in [7, 11) is 1.88. The van der Waals surface area contributed by atoms with Crippen molar-refractivity contribution in [2.75, 3.05) is 13.1 Å². The maximum atomic E-state index is 12.9. The molecular formula is C16H18N6O3S. The van der Waals surface area contributed by atoms with E-state index in [4.69, 9.17) is 5.11 Å². The van der Waals surface area contributed by atoms with Gasteiger partial charge in [-0.2, -0.15) is 5.10 Å². The van der Waals surface area contributed by atoms with Gasteiger partial charge in [0.1, 0.15) is 4.83 Å². The number of carboxylic acid groups (broad SMARTS) is 1. The van der Waals surface area contributed by atoms with E-state index in [1.165, 1.54) is 17.5 Å². The number of carbonyl (C=O) groups excluding carboxylic acids is 1. The molecule has 1 unspecified atom stereocenters. The number of likely N-dealkylation sites (tertiary alicyclic amines) is 1. The van der Waals surface area contributed by atoms with E-state index in [1.807, 2.05) is 24.9 Å². The average Bonchev–Trinajstić information content (AvgIpc) is 3.33. The minimum absolute atomic E-state index is 0.00567. The summed E-state index contributed by atoms with van der Waals surface area (Å²) in [6.45, 7) is 3.11. The average molecular weight is 374 g/mol.